The van der Waals surface area contributed by atoms with Gasteiger partial charge in [-0.2, -0.15) is 0 Å². The highest BCUT2D eigenvalue weighted by Crippen LogP contribution is 2.33. The normalized spacial score (nSPS) is 29.5. The molecule has 7 heteroatoms. The lowest BCUT2D eigenvalue weighted by Crippen LogP contribution is -2.60. The van der Waals surface area contributed by atoms with E-state index in [4.69, 9.17) is 9.47 Å². The topological polar surface area (TPSA) is 103 Å². The van der Waals surface area contributed by atoms with E-state index in [0.29, 0.717) is 5.75 Å². The van der Waals surface area contributed by atoms with Crippen LogP contribution in [0, 0.1) is 6.92 Å². The van der Waals surface area contributed by atoms with Crippen molar-refractivity contribution in [2.45, 2.75) is 50.6 Å². The number of ether oxygens (including phenoxy) is 2. The molecule has 0 aliphatic carbocycles. The van der Waals surface area contributed by atoms with E-state index in [1.165, 1.54) is 16.7 Å². The molecule has 0 amide bonds. The van der Waals surface area contributed by atoms with Crippen LogP contribution in [0.3, 0.4) is 0 Å². The van der Waals surface area contributed by atoms with Crippen molar-refractivity contribution < 1.29 is 29.9 Å². The lowest BCUT2D eigenvalue weighted by atomic mass is 9.90. The molecule has 4 N–H and O–H groups in total. The number of aryl methyl sites for hydroxylation is 1. The van der Waals surface area contributed by atoms with Crippen LogP contribution in [0.2, 0.25) is 0 Å². The minimum atomic E-state index is -1.46. The molecule has 1 saturated heterocycles. The first-order chi connectivity index (χ1) is 14.4. The molecule has 5 atom stereocenters. The molecule has 30 heavy (non-hydrogen) atoms. The zero-order valence-electron chi connectivity index (χ0n) is 17.2. The van der Waals surface area contributed by atoms with Gasteiger partial charge in [0.15, 0.2) is 0 Å². The third-order valence-corrected chi connectivity index (χ3v) is 6.03. The van der Waals surface area contributed by atoms with E-state index in [1.54, 1.807) is 0 Å². The van der Waals surface area contributed by atoms with Gasteiger partial charge in [0.05, 0.1) is 6.61 Å². The third-order valence-electron chi connectivity index (χ3n) is 6.03. The fraction of sp³-hybridized carbons (Fsp3) is 0.478. The fourth-order valence-electron chi connectivity index (χ4n) is 4.26. The molecule has 162 valence electrons. The van der Waals surface area contributed by atoms with E-state index in [1.807, 2.05) is 25.1 Å². The maximum Gasteiger partial charge on any atom is 0.229 e. The summed E-state index contributed by atoms with van der Waals surface area (Å²) in [6.07, 6.45) is -5.48. The minimum Gasteiger partial charge on any atom is -0.462 e. The van der Waals surface area contributed by atoms with Crippen molar-refractivity contribution in [3.63, 3.8) is 0 Å². The van der Waals surface area contributed by atoms with Crippen LogP contribution in [0.5, 0.6) is 5.75 Å². The molecule has 4 rings (SSSR count). The van der Waals surface area contributed by atoms with E-state index in [-0.39, 0.29) is 0 Å². The number of hydrogen-bond donors (Lipinski definition) is 4. The van der Waals surface area contributed by atoms with E-state index in [9.17, 15) is 20.4 Å². The van der Waals surface area contributed by atoms with E-state index in [2.05, 4.69) is 30.1 Å². The monoisotopic (exact) mass is 415 g/mol. The van der Waals surface area contributed by atoms with Gasteiger partial charge in [-0.25, -0.2) is 0 Å². The van der Waals surface area contributed by atoms with Crippen LogP contribution in [0.1, 0.15) is 16.7 Å². The van der Waals surface area contributed by atoms with Gasteiger partial charge in [-0.15, -0.1) is 0 Å². The van der Waals surface area contributed by atoms with Gasteiger partial charge in [-0.05, 0) is 60.3 Å². The molecule has 0 spiro atoms. The molecule has 1 fully saturated rings. The van der Waals surface area contributed by atoms with E-state index in [0.717, 1.165) is 30.6 Å². The van der Waals surface area contributed by atoms with Crippen molar-refractivity contribution in [1.82, 2.24) is 4.90 Å². The molecule has 2 aliphatic heterocycles. The number of fused-ring (bicyclic) bond motifs is 1. The van der Waals surface area contributed by atoms with Crippen LogP contribution < -0.4 is 4.74 Å². The highest BCUT2D eigenvalue weighted by molar-refractivity contribution is 5.70. The predicted molar refractivity (Wildman–Crippen MR) is 111 cm³/mol. The van der Waals surface area contributed by atoms with E-state index >= 15 is 0 Å². The number of rotatable bonds is 4. The Labute approximate surface area is 176 Å². The summed E-state index contributed by atoms with van der Waals surface area (Å²) in [7, 11) is 2.13. The van der Waals surface area contributed by atoms with Crippen molar-refractivity contribution in [1.29, 1.82) is 0 Å². The lowest BCUT2D eigenvalue weighted by molar-refractivity contribution is -0.277. The van der Waals surface area contributed by atoms with Crippen molar-refractivity contribution in [2.24, 2.45) is 0 Å². The summed E-state index contributed by atoms with van der Waals surface area (Å²) in [5, 5.41) is 39.4. The first kappa shape index (κ1) is 21.2. The van der Waals surface area contributed by atoms with Crippen LogP contribution in [-0.2, 0) is 17.7 Å². The number of aliphatic hydroxyl groups is 4. The third kappa shape index (κ3) is 3.97. The average Bonchev–Trinajstić information content (AvgIpc) is 2.74. The first-order valence-corrected chi connectivity index (χ1v) is 10.3. The second-order valence-corrected chi connectivity index (χ2v) is 8.23. The molecule has 0 aromatic heterocycles. The standard InChI is InChI=1S/C23H29NO6/c1-13-10-14(16-5-3-4-15-11-24(2)9-8-17(15)16)6-7-18(13)29-23-22(28)21(27)20(26)19(12-25)30-23/h3-7,10,19-23,25-28H,8-9,11-12H2,1-2H3/t19-,20-,21+,22+,23+/m1/s1. The van der Waals surface area contributed by atoms with Crippen molar-refractivity contribution in [3.8, 4) is 16.9 Å². The fourth-order valence-corrected chi connectivity index (χ4v) is 4.26. The minimum absolute atomic E-state index is 0.489. The highest BCUT2D eigenvalue weighted by atomic mass is 16.7. The molecule has 0 bridgehead atoms. The van der Waals surface area contributed by atoms with Crippen molar-refractivity contribution in [2.75, 3.05) is 20.2 Å². The number of hydrogen-bond acceptors (Lipinski definition) is 7. The predicted octanol–water partition coefficient (Wildman–Crippen LogP) is 0.829. The molecule has 2 heterocycles. The molecule has 0 radical (unpaired) electrons. The summed E-state index contributed by atoms with van der Waals surface area (Å²) in [6, 6.07) is 12.2. The summed E-state index contributed by atoms with van der Waals surface area (Å²) < 4.78 is 11.3. The Kier molecular flexibility index (Phi) is 6.11. The molecular formula is C23H29NO6. The maximum absolute atomic E-state index is 10.2. The molecule has 2 aromatic rings. The summed E-state index contributed by atoms with van der Waals surface area (Å²) in [6.45, 7) is 3.39. The van der Waals surface area contributed by atoms with E-state index < -0.39 is 37.3 Å². The quantitative estimate of drug-likeness (QED) is 0.587. The number of nitrogens with zero attached hydrogens (tertiary/aromatic N) is 1. The maximum atomic E-state index is 10.2. The Hall–Kier alpha value is -2.00. The van der Waals surface area contributed by atoms with Crippen LogP contribution >= 0.6 is 0 Å². The summed E-state index contributed by atoms with van der Waals surface area (Å²) in [5.74, 6) is 0.507. The number of aliphatic hydroxyl groups excluding tert-OH is 4. The Morgan fingerprint density at radius 2 is 1.90 bits per heavy atom. The highest BCUT2D eigenvalue weighted by Gasteiger charge is 2.44. The Balaban J connectivity index is 1.57. The van der Waals surface area contributed by atoms with Crippen molar-refractivity contribution in [3.05, 3.63) is 53.1 Å². The number of benzene rings is 2. The SMILES string of the molecule is Cc1cc(-c2cccc3c2CCN(C)C3)ccc1O[C@H]1O[C@H](CO)[C@@H](O)[C@H](O)[C@@H]1O. The van der Waals surface area contributed by atoms with Crippen LogP contribution in [0.15, 0.2) is 36.4 Å². The van der Waals surface area contributed by atoms with Gasteiger partial charge in [0.1, 0.15) is 30.2 Å². The molecule has 7 nitrogen and oxygen atoms in total. The van der Waals surface area contributed by atoms with Crippen LogP contribution in [0.4, 0.5) is 0 Å². The Morgan fingerprint density at radius 1 is 1.10 bits per heavy atom. The van der Waals surface area contributed by atoms with Gasteiger partial charge < -0.3 is 34.8 Å². The smallest absolute Gasteiger partial charge is 0.229 e. The molecule has 2 aromatic carbocycles. The van der Waals surface area contributed by atoms with Gasteiger partial charge in [-0.3, -0.25) is 0 Å². The van der Waals surface area contributed by atoms with Gasteiger partial charge in [0.25, 0.3) is 0 Å². The number of likely N-dealkylation sites (N-methyl/N-ethyl adjacent to an activating group) is 1. The second-order valence-electron chi connectivity index (χ2n) is 8.23. The Morgan fingerprint density at radius 3 is 2.63 bits per heavy atom. The molecular weight excluding hydrogens is 386 g/mol. The summed E-state index contributed by atoms with van der Waals surface area (Å²) in [4.78, 5) is 2.31. The molecule has 0 unspecified atom stereocenters. The zero-order chi connectivity index (χ0) is 21.4. The van der Waals surface area contributed by atoms with Gasteiger partial charge >= 0.3 is 0 Å². The second kappa shape index (κ2) is 8.63. The van der Waals surface area contributed by atoms with Crippen LogP contribution in [0.25, 0.3) is 11.1 Å². The zero-order valence-corrected chi connectivity index (χ0v) is 17.2. The average molecular weight is 415 g/mol. The first-order valence-electron chi connectivity index (χ1n) is 10.3. The molecule has 0 saturated carbocycles. The van der Waals surface area contributed by atoms with Gasteiger partial charge in [0.2, 0.25) is 6.29 Å². The largest absolute Gasteiger partial charge is 0.462 e. The van der Waals surface area contributed by atoms with Crippen LogP contribution in [-0.4, -0.2) is 76.2 Å². The Bertz CT molecular complexity index is 901. The van der Waals surface area contributed by atoms with Gasteiger partial charge in [-0.1, -0.05) is 24.3 Å². The van der Waals surface area contributed by atoms with Crippen molar-refractivity contribution >= 4 is 0 Å². The molecule has 2 aliphatic rings. The van der Waals surface area contributed by atoms with Gasteiger partial charge in [0, 0.05) is 13.1 Å². The summed E-state index contributed by atoms with van der Waals surface area (Å²) in [5.41, 5.74) is 5.88. The lowest BCUT2D eigenvalue weighted by Gasteiger charge is -2.39. The summed E-state index contributed by atoms with van der Waals surface area (Å²) >= 11 is 0.